The van der Waals surface area contributed by atoms with Gasteiger partial charge in [-0.3, -0.25) is 0 Å². The van der Waals surface area contributed by atoms with E-state index in [2.05, 4.69) is 267 Å². The highest BCUT2D eigenvalue weighted by Gasteiger charge is 2.51. The maximum Gasteiger partial charge on any atom is 0.143 e. The lowest BCUT2D eigenvalue weighted by atomic mass is 9.70. The molecule has 1 aromatic heterocycles. The summed E-state index contributed by atoms with van der Waals surface area (Å²) in [5, 5.41) is 6.93. The van der Waals surface area contributed by atoms with E-state index >= 15 is 0 Å². The third kappa shape index (κ3) is 5.55. The van der Waals surface area contributed by atoms with Crippen molar-refractivity contribution < 1.29 is 4.42 Å². The third-order valence-corrected chi connectivity index (χ3v) is 17.1. The number of furan rings is 1. The van der Waals surface area contributed by atoms with Gasteiger partial charge in [-0.1, -0.05) is 220 Å². The first-order valence-corrected chi connectivity index (χ1v) is 25.9. The molecule has 0 saturated carbocycles. The summed E-state index contributed by atoms with van der Waals surface area (Å²) in [6.07, 6.45) is 0. The summed E-state index contributed by atoms with van der Waals surface area (Å²) in [6, 6.07) is 92.9. The van der Waals surface area contributed by atoms with Crippen molar-refractivity contribution in [2.45, 2.75) is 24.7 Å². The van der Waals surface area contributed by atoms with Crippen LogP contribution in [0, 0.1) is 0 Å². The molecule has 2 heteroatoms. The highest BCUT2D eigenvalue weighted by atomic mass is 16.3. The van der Waals surface area contributed by atoms with Gasteiger partial charge in [0, 0.05) is 44.2 Å². The van der Waals surface area contributed by atoms with E-state index in [1.165, 1.54) is 88.7 Å². The molecule has 1 spiro atoms. The van der Waals surface area contributed by atoms with Gasteiger partial charge in [0.1, 0.15) is 11.2 Å². The fraction of sp³-hybridized carbons (Fsp3) is 0.0556. The van der Waals surface area contributed by atoms with Gasteiger partial charge in [-0.25, -0.2) is 0 Å². The van der Waals surface area contributed by atoms with Crippen LogP contribution in [0.4, 0.5) is 17.1 Å². The number of rotatable bonds is 5. The predicted molar refractivity (Wildman–Crippen MR) is 308 cm³/mol. The molecule has 0 bridgehead atoms. The molecule has 3 aliphatic rings. The molecule has 0 fully saturated rings. The van der Waals surface area contributed by atoms with Crippen LogP contribution < -0.4 is 4.90 Å². The minimum absolute atomic E-state index is 0.197. The lowest BCUT2D eigenvalue weighted by Gasteiger charge is -2.32. The molecule has 1 heterocycles. The highest BCUT2D eigenvalue weighted by Crippen LogP contribution is 2.63. The largest absolute Gasteiger partial charge is 0.455 e. The van der Waals surface area contributed by atoms with E-state index in [9.17, 15) is 0 Å². The van der Waals surface area contributed by atoms with E-state index in [0.717, 1.165) is 60.9 Å². The molecule has 0 radical (unpaired) electrons. The summed E-state index contributed by atoms with van der Waals surface area (Å²) >= 11 is 0. The van der Waals surface area contributed by atoms with Crippen LogP contribution in [0.2, 0.25) is 0 Å². The second kappa shape index (κ2) is 15.1. The Labute approximate surface area is 430 Å². The zero-order valence-corrected chi connectivity index (χ0v) is 41.0. The Balaban J connectivity index is 0.972. The molecule has 13 aromatic rings. The zero-order chi connectivity index (χ0) is 48.9. The molecule has 74 heavy (non-hydrogen) atoms. The number of hydrogen-bond donors (Lipinski definition) is 0. The Morgan fingerprint density at radius 2 is 0.757 bits per heavy atom. The molecule has 0 unspecified atom stereocenters. The van der Waals surface area contributed by atoms with Gasteiger partial charge in [0.2, 0.25) is 0 Å². The van der Waals surface area contributed by atoms with Crippen molar-refractivity contribution in [3.63, 3.8) is 0 Å². The summed E-state index contributed by atoms with van der Waals surface area (Å²) in [6.45, 7) is 4.76. The molecule has 3 aliphatic carbocycles. The first kappa shape index (κ1) is 41.4. The molecular weight excluding hydrogens is 895 g/mol. The monoisotopic (exact) mass is 941 g/mol. The zero-order valence-electron chi connectivity index (χ0n) is 41.0. The van der Waals surface area contributed by atoms with Gasteiger partial charge in [0.05, 0.1) is 5.41 Å². The third-order valence-electron chi connectivity index (χ3n) is 17.1. The molecule has 2 nitrogen and oxygen atoms in total. The van der Waals surface area contributed by atoms with E-state index in [1.807, 2.05) is 0 Å². The van der Waals surface area contributed by atoms with Crippen LogP contribution in [0.15, 0.2) is 253 Å². The van der Waals surface area contributed by atoms with Crippen LogP contribution in [0.3, 0.4) is 0 Å². The van der Waals surface area contributed by atoms with Gasteiger partial charge in [0.15, 0.2) is 0 Å². The number of anilines is 3. The minimum atomic E-state index is -0.495. The number of fused-ring (bicyclic) bond motifs is 19. The van der Waals surface area contributed by atoms with Crippen LogP contribution in [0.5, 0.6) is 0 Å². The standard InChI is InChI=1S/C72H47NO/c1-71(2)63-26-11-7-21-54(63)58-38-35-48(42-67(58)71)73(49-36-39-59-57-24-10-14-29-66(57)72(68(59)43-49)64-27-12-8-22-55(64)56-23-9-13-28-65(56)72)50-40-61(70-62(41-50)60-37-34-45-17-4-6-20-53(45)69(60)74-70)47-32-30-46(31-33-47)52-25-15-18-44-16-3-5-19-51(44)52/h3-43H,1-2H3. The summed E-state index contributed by atoms with van der Waals surface area (Å²) in [4.78, 5) is 2.52. The SMILES string of the molecule is CC1(C)c2ccccc2-c2ccc(N(c3ccc4c(c3)C3(c5ccccc5-c5ccccc53)c3ccccc3-4)c3cc(-c4ccc(-c5cccc6ccccc56)cc4)c4oc5c6ccccc6ccc5c4c3)cc21. The van der Waals surface area contributed by atoms with Gasteiger partial charge < -0.3 is 9.32 Å². The second-order valence-electron chi connectivity index (χ2n) is 21.1. The van der Waals surface area contributed by atoms with Gasteiger partial charge >= 0.3 is 0 Å². The fourth-order valence-corrected chi connectivity index (χ4v) is 13.7. The summed E-state index contributed by atoms with van der Waals surface area (Å²) in [5.74, 6) is 0. The van der Waals surface area contributed by atoms with Gasteiger partial charge in [-0.2, -0.15) is 0 Å². The van der Waals surface area contributed by atoms with Crippen LogP contribution in [0.1, 0.15) is 47.2 Å². The summed E-state index contributed by atoms with van der Waals surface area (Å²) in [5.41, 5.74) is 24.7. The Kier molecular flexibility index (Phi) is 8.47. The second-order valence-corrected chi connectivity index (χ2v) is 21.1. The molecule has 0 atom stereocenters. The van der Waals surface area contributed by atoms with Crippen molar-refractivity contribution in [1.82, 2.24) is 0 Å². The van der Waals surface area contributed by atoms with Crippen molar-refractivity contribution in [2.75, 3.05) is 4.90 Å². The highest BCUT2D eigenvalue weighted by molar-refractivity contribution is 6.18. The quantitative estimate of drug-likeness (QED) is 0.171. The molecule has 12 aromatic carbocycles. The predicted octanol–water partition coefficient (Wildman–Crippen LogP) is 19.3. The van der Waals surface area contributed by atoms with Crippen molar-refractivity contribution in [1.29, 1.82) is 0 Å². The maximum atomic E-state index is 7.20. The molecular formula is C72H47NO. The van der Waals surface area contributed by atoms with Gasteiger partial charge in [-0.05, 0) is 142 Å². The van der Waals surface area contributed by atoms with E-state index in [4.69, 9.17) is 4.42 Å². The molecule has 0 N–H and O–H groups in total. The summed E-state index contributed by atoms with van der Waals surface area (Å²) < 4.78 is 7.20. The Bertz CT molecular complexity index is 4460. The van der Waals surface area contributed by atoms with Crippen LogP contribution >= 0.6 is 0 Å². The fourth-order valence-electron chi connectivity index (χ4n) is 13.7. The van der Waals surface area contributed by atoms with Gasteiger partial charge in [0.25, 0.3) is 0 Å². The van der Waals surface area contributed by atoms with E-state index in [1.54, 1.807) is 0 Å². The average Bonchev–Trinajstić information content (AvgIpc) is 4.17. The van der Waals surface area contributed by atoms with Crippen LogP contribution in [-0.4, -0.2) is 0 Å². The molecule has 16 rings (SSSR count). The van der Waals surface area contributed by atoms with Crippen molar-refractivity contribution in [3.8, 4) is 55.6 Å². The number of hydrogen-bond acceptors (Lipinski definition) is 2. The van der Waals surface area contributed by atoms with Crippen molar-refractivity contribution in [2.24, 2.45) is 0 Å². The molecule has 346 valence electrons. The van der Waals surface area contributed by atoms with E-state index < -0.39 is 5.41 Å². The molecule has 0 amide bonds. The van der Waals surface area contributed by atoms with Crippen molar-refractivity contribution in [3.05, 3.63) is 282 Å². The normalized spacial score (nSPS) is 14.0. The lowest BCUT2D eigenvalue weighted by Crippen LogP contribution is -2.26. The number of nitrogens with zero attached hydrogens (tertiary/aromatic N) is 1. The van der Waals surface area contributed by atoms with Crippen LogP contribution in [0.25, 0.3) is 99.1 Å². The topological polar surface area (TPSA) is 16.4 Å². The molecule has 0 saturated heterocycles. The smallest absolute Gasteiger partial charge is 0.143 e. The van der Waals surface area contributed by atoms with E-state index in [0.29, 0.717) is 0 Å². The number of benzene rings is 12. The van der Waals surface area contributed by atoms with Gasteiger partial charge in [-0.15, -0.1) is 0 Å². The van der Waals surface area contributed by atoms with E-state index in [-0.39, 0.29) is 5.41 Å². The first-order valence-electron chi connectivity index (χ1n) is 25.9. The Morgan fingerprint density at radius 3 is 1.41 bits per heavy atom. The minimum Gasteiger partial charge on any atom is -0.455 e. The Morgan fingerprint density at radius 1 is 0.284 bits per heavy atom. The Hall–Kier alpha value is -9.24. The lowest BCUT2D eigenvalue weighted by molar-refractivity contribution is 0.660. The first-order chi connectivity index (χ1) is 36.4. The average molecular weight is 942 g/mol. The molecule has 0 aliphatic heterocycles. The maximum absolute atomic E-state index is 7.20. The summed E-state index contributed by atoms with van der Waals surface area (Å²) in [7, 11) is 0. The van der Waals surface area contributed by atoms with Crippen molar-refractivity contribution >= 4 is 60.5 Å². The van der Waals surface area contributed by atoms with Crippen LogP contribution in [-0.2, 0) is 10.8 Å².